The molecule has 2 aliphatic heterocycles. The average molecular weight is 567 g/mol. The van der Waals surface area contributed by atoms with Gasteiger partial charge in [-0.1, -0.05) is 75.4 Å². The molecule has 1 spiro atoms. The first kappa shape index (κ1) is 24.6. The Hall–Kier alpha value is -4.82. The van der Waals surface area contributed by atoms with Crippen LogP contribution >= 0.6 is 0 Å². The third kappa shape index (κ3) is 2.79. The van der Waals surface area contributed by atoms with Crippen molar-refractivity contribution in [1.29, 1.82) is 0 Å². The molecule has 2 nitrogen and oxygen atoms in total. The topological polar surface area (TPSA) is 7.76 Å². The molecule has 44 heavy (non-hydrogen) atoms. The van der Waals surface area contributed by atoms with E-state index in [1.165, 1.54) is 93.2 Å². The van der Waals surface area contributed by atoms with E-state index >= 15 is 0 Å². The van der Waals surface area contributed by atoms with Crippen LogP contribution in [0.2, 0.25) is 0 Å². The van der Waals surface area contributed by atoms with Crippen LogP contribution in [-0.2, 0) is 18.5 Å². The van der Waals surface area contributed by atoms with Crippen molar-refractivity contribution >= 4 is 54.1 Å². The van der Waals surface area contributed by atoms with Gasteiger partial charge in [0.05, 0.1) is 21.9 Å². The van der Waals surface area contributed by atoms with Crippen LogP contribution in [0.5, 0.6) is 0 Å². The van der Waals surface area contributed by atoms with Crippen molar-refractivity contribution < 1.29 is 9.13 Å². The molecule has 4 heterocycles. The quantitative estimate of drug-likeness (QED) is 0.112. The van der Waals surface area contributed by atoms with Gasteiger partial charge in [0.2, 0.25) is 23.3 Å². The van der Waals surface area contributed by atoms with Gasteiger partial charge in [0.1, 0.15) is 0 Å². The molecule has 2 aliphatic rings. The molecule has 210 valence electrons. The number of fused-ring (bicyclic) bond motifs is 9. The highest BCUT2D eigenvalue weighted by Crippen LogP contribution is 2.53. The summed E-state index contributed by atoms with van der Waals surface area (Å²) in [5, 5.41) is 11.0. The van der Waals surface area contributed by atoms with Gasteiger partial charge in [0.15, 0.2) is 6.20 Å². The molecule has 10 rings (SSSR count). The van der Waals surface area contributed by atoms with Crippen LogP contribution < -0.4 is 9.13 Å². The van der Waals surface area contributed by atoms with Crippen LogP contribution in [0.15, 0.2) is 103 Å². The minimum Gasteiger partial charge on any atom is -0.190 e. The lowest BCUT2D eigenvalue weighted by molar-refractivity contribution is -0.787. The number of pyridine rings is 2. The largest absolute Gasteiger partial charge is 0.279 e. The van der Waals surface area contributed by atoms with Gasteiger partial charge in [-0.2, -0.15) is 9.13 Å². The van der Waals surface area contributed by atoms with E-state index in [4.69, 9.17) is 0 Å². The molecule has 2 aromatic heterocycles. The maximum absolute atomic E-state index is 2.78. The van der Waals surface area contributed by atoms with E-state index in [0.717, 1.165) is 13.0 Å². The molecule has 0 saturated heterocycles. The highest BCUT2D eigenvalue weighted by atomic mass is 15.2. The summed E-state index contributed by atoms with van der Waals surface area (Å²) in [4.78, 5) is 0. The first-order valence-electron chi connectivity index (χ1n) is 16.2. The molecule has 0 N–H and O–H groups in total. The second-order valence-corrected chi connectivity index (χ2v) is 13.5. The first-order chi connectivity index (χ1) is 21.5. The van der Waals surface area contributed by atoms with Crippen molar-refractivity contribution in [2.75, 3.05) is 0 Å². The van der Waals surface area contributed by atoms with E-state index in [2.05, 4.69) is 140 Å². The molecule has 0 fully saturated rings. The van der Waals surface area contributed by atoms with E-state index < -0.39 is 5.54 Å². The SMILES string of the molecule is CCc1ccc2c(c1)C1(C[n+]3cc(C(C)C)ccc3-2)c2c(C)cc3ccc4cccc5c6cc7ccccc7[n+]1c6c2c3c45. The predicted molar refractivity (Wildman–Crippen MR) is 182 cm³/mol. The summed E-state index contributed by atoms with van der Waals surface area (Å²) in [7, 11) is 0. The number of aryl methyl sites for hydroxylation is 2. The van der Waals surface area contributed by atoms with Crippen LogP contribution in [0.1, 0.15) is 54.5 Å². The summed E-state index contributed by atoms with van der Waals surface area (Å²) in [5.74, 6) is 0.464. The molecule has 0 radical (unpaired) electrons. The molecule has 2 heteroatoms. The molecule has 6 aromatic carbocycles. The fourth-order valence-electron chi connectivity index (χ4n) is 9.04. The van der Waals surface area contributed by atoms with Gasteiger partial charge in [0.25, 0.3) is 5.54 Å². The summed E-state index contributed by atoms with van der Waals surface area (Å²) in [6, 6.07) is 37.6. The Morgan fingerprint density at radius 3 is 2.45 bits per heavy atom. The second kappa shape index (κ2) is 8.21. The Bertz CT molecular complexity index is 2550. The van der Waals surface area contributed by atoms with Gasteiger partial charge in [-0.05, 0) is 82.3 Å². The van der Waals surface area contributed by atoms with Crippen LogP contribution in [0.3, 0.4) is 0 Å². The molecule has 0 bridgehead atoms. The molecule has 8 aromatic rings. The summed E-state index contributed by atoms with van der Waals surface area (Å²) >= 11 is 0. The lowest BCUT2D eigenvalue weighted by atomic mass is 9.74. The summed E-state index contributed by atoms with van der Waals surface area (Å²) < 4.78 is 5.35. The Kier molecular flexibility index (Phi) is 4.59. The standard InChI is InChI=1S/C42H34N2/c1-5-26-13-17-32-34(20-26)42(23-43-22-30(24(2)3)16-18-36(32)43)40-25(4)19-29-15-14-27-10-8-11-31-33-21-28-9-6-7-12-35(28)44(42)41(33)39(40)38(29)37(27)31/h6-22,24H,5,23H2,1-4H3/q+2. The highest BCUT2D eigenvalue weighted by molar-refractivity contribution is 6.34. The van der Waals surface area contributed by atoms with Crippen molar-refractivity contribution in [3.8, 4) is 11.3 Å². The van der Waals surface area contributed by atoms with Crippen LogP contribution in [0.4, 0.5) is 0 Å². The van der Waals surface area contributed by atoms with E-state index in [-0.39, 0.29) is 0 Å². The van der Waals surface area contributed by atoms with E-state index in [1.807, 2.05) is 0 Å². The van der Waals surface area contributed by atoms with Gasteiger partial charge in [0, 0.05) is 34.0 Å². The Morgan fingerprint density at radius 2 is 1.59 bits per heavy atom. The summed E-state index contributed by atoms with van der Waals surface area (Å²) in [5.41, 5.74) is 12.0. The average Bonchev–Trinajstić information content (AvgIpc) is 3.35. The van der Waals surface area contributed by atoms with E-state index in [0.29, 0.717) is 5.92 Å². The third-order valence-electron chi connectivity index (χ3n) is 11.0. The molecule has 1 atom stereocenters. The minimum atomic E-state index is -0.392. The summed E-state index contributed by atoms with van der Waals surface area (Å²) in [6.45, 7) is 10.1. The van der Waals surface area contributed by atoms with Gasteiger partial charge in [-0.15, -0.1) is 0 Å². The maximum Gasteiger partial charge on any atom is 0.279 e. The Balaban J connectivity index is 1.51. The number of nitrogens with zero attached hydrogens (tertiary/aromatic N) is 2. The second-order valence-electron chi connectivity index (χ2n) is 13.5. The van der Waals surface area contributed by atoms with Crippen molar-refractivity contribution in [2.24, 2.45) is 0 Å². The molecular weight excluding hydrogens is 532 g/mol. The van der Waals surface area contributed by atoms with Crippen molar-refractivity contribution in [1.82, 2.24) is 0 Å². The monoisotopic (exact) mass is 566 g/mol. The lowest BCUT2D eigenvalue weighted by Gasteiger charge is -2.32. The lowest BCUT2D eigenvalue weighted by Crippen LogP contribution is -2.65. The molecule has 0 aliphatic carbocycles. The number of rotatable bonds is 2. The van der Waals surface area contributed by atoms with Crippen molar-refractivity contribution in [2.45, 2.75) is 52.1 Å². The van der Waals surface area contributed by atoms with Crippen LogP contribution in [0, 0.1) is 6.92 Å². The van der Waals surface area contributed by atoms with Crippen LogP contribution in [0.25, 0.3) is 65.4 Å². The molecule has 1 unspecified atom stereocenters. The van der Waals surface area contributed by atoms with E-state index in [9.17, 15) is 0 Å². The van der Waals surface area contributed by atoms with Gasteiger partial charge in [-0.25, -0.2) is 0 Å². The zero-order valence-electron chi connectivity index (χ0n) is 25.7. The zero-order valence-corrected chi connectivity index (χ0v) is 25.7. The third-order valence-corrected chi connectivity index (χ3v) is 11.0. The first-order valence-corrected chi connectivity index (χ1v) is 16.2. The van der Waals surface area contributed by atoms with Gasteiger partial charge < -0.3 is 0 Å². The Morgan fingerprint density at radius 1 is 0.750 bits per heavy atom. The number of hydrogen-bond donors (Lipinski definition) is 0. The van der Waals surface area contributed by atoms with Crippen molar-refractivity contribution in [3.63, 3.8) is 0 Å². The molecule has 0 saturated carbocycles. The number of aromatic nitrogens is 2. The van der Waals surface area contributed by atoms with Crippen LogP contribution in [-0.4, -0.2) is 0 Å². The highest BCUT2D eigenvalue weighted by Gasteiger charge is 2.60. The predicted octanol–water partition coefficient (Wildman–Crippen LogP) is 9.25. The van der Waals surface area contributed by atoms with E-state index in [1.54, 1.807) is 0 Å². The molecule has 0 amide bonds. The smallest absolute Gasteiger partial charge is 0.190 e. The number of para-hydroxylation sites is 1. The zero-order chi connectivity index (χ0) is 29.5. The normalized spacial score (nSPS) is 16.9. The van der Waals surface area contributed by atoms with Gasteiger partial charge >= 0.3 is 0 Å². The van der Waals surface area contributed by atoms with Gasteiger partial charge in [-0.3, -0.25) is 0 Å². The maximum atomic E-state index is 2.78. The number of hydrogen-bond acceptors (Lipinski definition) is 0. The fourth-order valence-corrected chi connectivity index (χ4v) is 9.04. The fraction of sp³-hybridized carbons (Fsp3) is 0.190. The minimum absolute atomic E-state index is 0.392. The summed E-state index contributed by atoms with van der Waals surface area (Å²) in [6.07, 6.45) is 3.45. The Labute approximate surface area is 257 Å². The van der Waals surface area contributed by atoms with Crippen molar-refractivity contribution in [3.05, 3.63) is 131 Å². The molecular formula is C42H34N2+2. The number of benzene rings is 6.